The van der Waals surface area contributed by atoms with E-state index in [9.17, 15) is 0 Å². The molecule has 0 aromatic rings. The van der Waals surface area contributed by atoms with Crippen LogP contribution in [-0.2, 0) is 0 Å². The number of hydrogen-bond acceptors (Lipinski definition) is 0. The maximum atomic E-state index is 2.56. The van der Waals surface area contributed by atoms with Crippen LogP contribution in [0.25, 0.3) is 0 Å². The molecule has 30 heavy (non-hydrogen) atoms. The van der Waals surface area contributed by atoms with E-state index in [-0.39, 0.29) is 32.5 Å². The summed E-state index contributed by atoms with van der Waals surface area (Å²) in [5, 5.41) is 0. The van der Waals surface area contributed by atoms with Gasteiger partial charge >= 0.3 is 0 Å². The lowest BCUT2D eigenvalue weighted by molar-refractivity contribution is -0.179. The lowest BCUT2D eigenvalue weighted by atomic mass is 9.38. The standard InChI is InChI=1S/C30H62/c1-16-17-18-19-20-21-22-23-24(2)26(6,7)28(10,11)30(14,15)29(12,13)27(8,9)25(3,4)5/h24H,16-23H2,1-15H3. The molecule has 0 nitrogen and oxygen atoms in total. The Balaban J connectivity index is 5.44. The Bertz CT molecular complexity index is 493. The molecule has 0 N–H and O–H groups in total. The van der Waals surface area contributed by atoms with Gasteiger partial charge in [0.2, 0.25) is 0 Å². The summed E-state index contributed by atoms with van der Waals surface area (Å²) >= 11 is 0. The van der Waals surface area contributed by atoms with E-state index in [1.807, 2.05) is 0 Å². The van der Waals surface area contributed by atoms with Crippen molar-refractivity contribution in [2.45, 2.75) is 155 Å². The minimum atomic E-state index is 0.189. The van der Waals surface area contributed by atoms with Crippen LogP contribution in [0.3, 0.4) is 0 Å². The summed E-state index contributed by atoms with van der Waals surface area (Å²) < 4.78 is 0. The first kappa shape index (κ1) is 30.0. The van der Waals surface area contributed by atoms with E-state index in [0.717, 1.165) is 5.92 Å². The second kappa shape index (κ2) is 10.3. The average Bonchev–Trinajstić information content (AvgIpc) is 2.58. The Hall–Kier alpha value is 0. The van der Waals surface area contributed by atoms with Crippen LogP contribution in [-0.4, -0.2) is 0 Å². The molecule has 0 aromatic heterocycles. The highest BCUT2D eigenvalue weighted by atomic mass is 14.7. The molecule has 0 bridgehead atoms. The van der Waals surface area contributed by atoms with Gasteiger partial charge in [-0.05, 0) is 38.4 Å². The summed E-state index contributed by atoms with van der Waals surface area (Å²) in [7, 11) is 0. The van der Waals surface area contributed by atoms with Gasteiger partial charge in [0.25, 0.3) is 0 Å². The molecule has 0 heteroatoms. The second-order valence-electron chi connectivity index (χ2n) is 14.3. The zero-order chi connectivity index (χ0) is 24.2. The van der Waals surface area contributed by atoms with Gasteiger partial charge in [0.05, 0.1) is 0 Å². The summed E-state index contributed by atoms with van der Waals surface area (Å²) in [6, 6.07) is 0. The lowest BCUT2D eigenvalue weighted by Crippen LogP contribution is -2.60. The first-order chi connectivity index (χ1) is 13.2. The molecule has 0 saturated heterocycles. The van der Waals surface area contributed by atoms with E-state index in [1.54, 1.807) is 0 Å². The third kappa shape index (κ3) is 5.67. The number of hydrogen-bond donors (Lipinski definition) is 0. The van der Waals surface area contributed by atoms with Gasteiger partial charge in [-0.25, -0.2) is 0 Å². The molecule has 1 atom stereocenters. The molecule has 0 amide bonds. The van der Waals surface area contributed by atoms with Crippen LogP contribution in [0.2, 0.25) is 0 Å². The summed E-state index contributed by atoms with van der Waals surface area (Å²) in [5.41, 5.74) is 1.36. The van der Waals surface area contributed by atoms with E-state index < -0.39 is 0 Å². The first-order valence-electron chi connectivity index (χ1n) is 13.2. The topological polar surface area (TPSA) is 0 Å². The predicted molar refractivity (Wildman–Crippen MR) is 140 cm³/mol. The normalized spacial score (nSPS) is 16.1. The van der Waals surface area contributed by atoms with Crippen LogP contribution in [0.1, 0.15) is 155 Å². The third-order valence-corrected chi connectivity index (χ3v) is 11.6. The molecular formula is C30H62. The van der Waals surface area contributed by atoms with Gasteiger partial charge in [0, 0.05) is 0 Å². The largest absolute Gasteiger partial charge is 0.0654 e. The van der Waals surface area contributed by atoms with Crippen molar-refractivity contribution in [1.82, 2.24) is 0 Å². The van der Waals surface area contributed by atoms with Crippen molar-refractivity contribution in [3.63, 3.8) is 0 Å². The molecular weight excluding hydrogens is 360 g/mol. The average molecular weight is 423 g/mol. The molecule has 0 heterocycles. The van der Waals surface area contributed by atoms with Gasteiger partial charge in [0.1, 0.15) is 0 Å². The van der Waals surface area contributed by atoms with Gasteiger partial charge in [-0.15, -0.1) is 0 Å². The van der Waals surface area contributed by atoms with Crippen LogP contribution < -0.4 is 0 Å². The van der Waals surface area contributed by atoms with Gasteiger partial charge < -0.3 is 0 Å². The highest BCUT2D eigenvalue weighted by molar-refractivity contribution is 5.09. The summed E-state index contributed by atoms with van der Waals surface area (Å²) in [6.07, 6.45) is 11.2. The Morgan fingerprint density at radius 1 is 0.467 bits per heavy atom. The molecule has 0 saturated carbocycles. The highest BCUT2D eigenvalue weighted by Gasteiger charge is 2.61. The summed E-state index contributed by atoms with van der Waals surface area (Å²) in [6.45, 7) is 37.5. The highest BCUT2D eigenvalue weighted by Crippen LogP contribution is 2.68. The maximum Gasteiger partial charge on any atom is -0.0241 e. The van der Waals surface area contributed by atoms with E-state index in [1.165, 1.54) is 51.4 Å². The zero-order valence-electron chi connectivity index (χ0n) is 24.2. The molecule has 0 spiro atoms. The Morgan fingerprint density at radius 2 is 0.833 bits per heavy atom. The molecule has 182 valence electrons. The minimum absolute atomic E-state index is 0.189. The Kier molecular flexibility index (Phi) is 10.3. The van der Waals surface area contributed by atoms with Gasteiger partial charge in [-0.2, -0.15) is 0 Å². The SMILES string of the molecule is CCCCCCCCCC(C)C(C)(C)C(C)(C)C(C)(C)C(C)(C)C(C)(C)C(C)(C)C. The molecule has 0 rings (SSSR count). The fraction of sp³-hybridized carbons (Fsp3) is 1.00. The Labute approximate surface area is 193 Å². The van der Waals surface area contributed by atoms with Crippen molar-refractivity contribution in [3.05, 3.63) is 0 Å². The maximum absolute atomic E-state index is 2.56. The van der Waals surface area contributed by atoms with E-state index in [2.05, 4.69) is 104 Å². The monoisotopic (exact) mass is 422 g/mol. The van der Waals surface area contributed by atoms with Gasteiger partial charge in [-0.3, -0.25) is 0 Å². The predicted octanol–water partition coefficient (Wildman–Crippen LogP) is 10.9. The van der Waals surface area contributed by atoms with E-state index in [0.29, 0.717) is 0 Å². The van der Waals surface area contributed by atoms with Crippen molar-refractivity contribution in [3.8, 4) is 0 Å². The molecule has 0 aliphatic rings. The first-order valence-corrected chi connectivity index (χ1v) is 13.2. The van der Waals surface area contributed by atoms with Crippen molar-refractivity contribution in [2.24, 2.45) is 38.4 Å². The lowest BCUT2D eigenvalue weighted by Gasteiger charge is -2.66. The minimum Gasteiger partial charge on any atom is -0.0654 e. The van der Waals surface area contributed by atoms with Crippen molar-refractivity contribution >= 4 is 0 Å². The molecule has 0 aliphatic carbocycles. The number of rotatable bonds is 13. The number of unbranched alkanes of at least 4 members (excludes halogenated alkanes) is 6. The van der Waals surface area contributed by atoms with Gasteiger partial charge in [0.15, 0.2) is 0 Å². The molecule has 1 unspecified atom stereocenters. The molecule has 0 radical (unpaired) electrons. The van der Waals surface area contributed by atoms with Crippen LogP contribution in [0, 0.1) is 38.4 Å². The van der Waals surface area contributed by atoms with Crippen LogP contribution in [0.15, 0.2) is 0 Å². The zero-order valence-corrected chi connectivity index (χ0v) is 24.2. The third-order valence-electron chi connectivity index (χ3n) is 11.6. The molecule has 0 fully saturated rings. The fourth-order valence-electron chi connectivity index (χ4n) is 5.69. The van der Waals surface area contributed by atoms with Gasteiger partial charge in [-0.1, -0.05) is 155 Å². The Morgan fingerprint density at radius 3 is 1.23 bits per heavy atom. The quantitative estimate of drug-likeness (QED) is 0.259. The van der Waals surface area contributed by atoms with E-state index in [4.69, 9.17) is 0 Å². The fourth-order valence-corrected chi connectivity index (χ4v) is 5.69. The van der Waals surface area contributed by atoms with Crippen molar-refractivity contribution < 1.29 is 0 Å². The van der Waals surface area contributed by atoms with E-state index >= 15 is 0 Å². The summed E-state index contributed by atoms with van der Waals surface area (Å²) in [5.74, 6) is 0.732. The second-order valence-corrected chi connectivity index (χ2v) is 14.3. The van der Waals surface area contributed by atoms with Crippen LogP contribution >= 0.6 is 0 Å². The van der Waals surface area contributed by atoms with Crippen LogP contribution in [0.4, 0.5) is 0 Å². The molecule has 0 aliphatic heterocycles. The smallest absolute Gasteiger partial charge is 0.0241 e. The van der Waals surface area contributed by atoms with Crippen molar-refractivity contribution in [2.75, 3.05) is 0 Å². The van der Waals surface area contributed by atoms with Crippen molar-refractivity contribution in [1.29, 1.82) is 0 Å². The van der Waals surface area contributed by atoms with Crippen LogP contribution in [0.5, 0.6) is 0 Å². The summed E-state index contributed by atoms with van der Waals surface area (Å²) in [4.78, 5) is 0. The molecule has 0 aromatic carbocycles.